The quantitative estimate of drug-likeness (QED) is 0.370. The van der Waals surface area contributed by atoms with Gasteiger partial charge in [0.05, 0.1) is 22.2 Å². The van der Waals surface area contributed by atoms with Crippen LogP contribution in [0.4, 0.5) is 24.7 Å². The average molecular weight is 485 g/mol. The third-order valence-corrected chi connectivity index (χ3v) is 6.00. The molecule has 10 heteroatoms. The van der Waals surface area contributed by atoms with Crippen molar-refractivity contribution in [2.45, 2.75) is 19.3 Å². The number of anilines is 2. The predicted octanol–water partition coefficient (Wildman–Crippen LogP) is 5.58. The van der Waals surface area contributed by atoms with E-state index in [-0.39, 0.29) is 35.1 Å². The molecule has 0 amide bonds. The fourth-order valence-electron chi connectivity index (χ4n) is 4.39. The summed E-state index contributed by atoms with van der Waals surface area (Å²) in [6.07, 6.45) is 3.47. The number of rotatable bonds is 3. The monoisotopic (exact) mass is 484 g/mol. The molecular formula is C24H20ClF3N6. The summed E-state index contributed by atoms with van der Waals surface area (Å²) in [4.78, 5) is 6.46. The second-order valence-electron chi connectivity index (χ2n) is 7.97. The van der Waals surface area contributed by atoms with Gasteiger partial charge in [0.15, 0.2) is 17.3 Å². The van der Waals surface area contributed by atoms with Gasteiger partial charge < -0.3 is 10.6 Å². The number of hydrogen-bond donors (Lipinski definition) is 2. The van der Waals surface area contributed by atoms with Crippen LogP contribution in [0.25, 0.3) is 33.4 Å². The molecule has 6 nitrogen and oxygen atoms in total. The normalized spacial score (nSPS) is 13.5. The minimum absolute atomic E-state index is 0. The summed E-state index contributed by atoms with van der Waals surface area (Å²) in [7, 11) is 0. The molecule has 3 heterocycles. The van der Waals surface area contributed by atoms with Crippen molar-refractivity contribution in [2.24, 2.45) is 0 Å². The van der Waals surface area contributed by atoms with Gasteiger partial charge in [-0.05, 0) is 49.1 Å². The van der Waals surface area contributed by atoms with Crippen LogP contribution in [0.2, 0.25) is 0 Å². The zero-order chi connectivity index (χ0) is 23.1. The number of nitrogens with zero attached hydrogens (tertiary/aromatic N) is 4. The van der Waals surface area contributed by atoms with Crippen molar-refractivity contribution in [3.8, 4) is 28.5 Å². The van der Waals surface area contributed by atoms with Crippen molar-refractivity contribution >= 4 is 34.9 Å². The lowest BCUT2D eigenvalue weighted by molar-refractivity contribution is 0.498. The van der Waals surface area contributed by atoms with Gasteiger partial charge in [-0.2, -0.15) is 10.4 Å². The van der Waals surface area contributed by atoms with Gasteiger partial charge in [-0.15, -0.1) is 12.4 Å². The van der Waals surface area contributed by atoms with E-state index in [0.29, 0.717) is 22.6 Å². The van der Waals surface area contributed by atoms with Gasteiger partial charge in [-0.1, -0.05) is 12.1 Å². The molecule has 34 heavy (non-hydrogen) atoms. The summed E-state index contributed by atoms with van der Waals surface area (Å²) in [5.41, 5.74) is 6.95. The Labute approximate surface area is 199 Å². The largest absolute Gasteiger partial charge is 0.383 e. The molecule has 0 aliphatic carbocycles. The Bertz CT molecular complexity index is 1410. The van der Waals surface area contributed by atoms with Gasteiger partial charge in [0, 0.05) is 24.3 Å². The Morgan fingerprint density at radius 1 is 0.941 bits per heavy atom. The van der Waals surface area contributed by atoms with Gasteiger partial charge >= 0.3 is 0 Å². The summed E-state index contributed by atoms with van der Waals surface area (Å²) < 4.78 is 43.2. The number of nitrogens with two attached hydrogens (primary N) is 1. The van der Waals surface area contributed by atoms with Crippen molar-refractivity contribution in [3.63, 3.8) is 0 Å². The highest BCUT2D eigenvalue weighted by Crippen LogP contribution is 2.40. The highest BCUT2D eigenvalue weighted by molar-refractivity contribution is 6.04. The van der Waals surface area contributed by atoms with Gasteiger partial charge in [0.2, 0.25) is 0 Å². The van der Waals surface area contributed by atoms with Crippen molar-refractivity contribution < 1.29 is 13.2 Å². The van der Waals surface area contributed by atoms with Crippen LogP contribution in [0.5, 0.6) is 0 Å². The fraction of sp³-hybridized carbons (Fsp3) is 0.208. The van der Waals surface area contributed by atoms with Crippen molar-refractivity contribution in [2.75, 3.05) is 23.7 Å². The number of nitrogen functional groups attached to an aromatic ring is 1. The van der Waals surface area contributed by atoms with Gasteiger partial charge in [-0.25, -0.2) is 18.2 Å². The second kappa shape index (κ2) is 9.23. The lowest BCUT2D eigenvalue weighted by Crippen LogP contribution is -2.29. The Balaban J connectivity index is 0.00000274. The minimum Gasteiger partial charge on any atom is -0.383 e. The molecule has 2 aromatic carbocycles. The number of H-pyrrole nitrogens is 1. The van der Waals surface area contributed by atoms with Crippen LogP contribution in [0.1, 0.15) is 24.8 Å². The first kappa shape index (κ1) is 23.4. The molecule has 2 aromatic heterocycles. The summed E-state index contributed by atoms with van der Waals surface area (Å²) in [5.74, 6) is -3.54. The molecule has 1 aliphatic rings. The van der Waals surface area contributed by atoms with Gasteiger partial charge in [0.25, 0.3) is 0 Å². The molecule has 1 saturated heterocycles. The molecule has 1 fully saturated rings. The van der Waals surface area contributed by atoms with E-state index >= 15 is 0 Å². The molecule has 0 radical (unpaired) electrons. The Kier molecular flexibility index (Phi) is 6.35. The van der Waals surface area contributed by atoms with E-state index in [9.17, 15) is 18.4 Å². The van der Waals surface area contributed by atoms with Crippen LogP contribution in [0, 0.1) is 28.8 Å². The molecule has 5 rings (SSSR count). The number of fused-ring (bicyclic) bond motifs is 1. The summed E-state index contributed by atoms with van der Waals surface area (Å²) in [6.45, 7) is 1.94. The molecule has 0 saturated carbocycles. The Morgan fingerprint density at radius 2 is 1.62 bits per heavy atom. The van der Waals surface area contributed by atoms with E-state index in [4.69, 9.17) is 5.73 Å². The number of nitriles is 1. The van der Waals surface area contributed by atoms with E-state index in [1.807, 2.05) is 30.3 Å². The molecule has 0 bridgehead atoms. The number of aromatic nitrogens is 3. The topological polar surface area (TPSA) is 94.6 Å². The van der Waals surface area contributed by atoms with E-state index in [0.717, 1.165) is 37.7 Å². The van der Waals surface area contributed by atoms with Crippen LogP contribution in [-0.2, 0) is 0 Å². The van der Waals surface area contributed by atoms with Crippen LogP contribution in [-0.4, -0.2) is 28.3 Å². The number of aromatic amines is 1. The second-order valence-corrected chi connectivity index (χ2v) is 7.97. The van der Waals surface area contributed by atoms with Crippen molar-refractivity contribution in [3.05, 3.63) is 59.4 Å². The van der Waals surface area contributed by atoms with E-state index < -0.39 is 23.0 Å². The zero-order valence-corrected chi connectivity index (χ0v) is 18.7. The Morgan fingerprint density at radius 3 is 2.29 bits per heavy atom. The highest BCUT2D eigenvalue weighted by atomic mass is 35.5. The van der Waals surface area contributed by atoms with Gasteiger partial charge in [-0.3, -0.25) is 5.10 Å². The number of pyridine rings is 1. The molecule has 3 N–H and O–H groups in total. The third kappa shape index (κ3) is 3.80. The minimum atomic E-state index is -1.42. The first-order chi connectivity index (χ1) is 16.0. The van der Waals surface area contributed by atoms with Crippen LogP contribution in [0.3, 0.4) is 0 Å². The molecule has 0 atom stereocenters. The van der Waals surface area contributed by atoms with Gasteiger partial charge in [0.1, 0.15) is 17.7 Å². The molecule has 174 valence electrons. The number of nitrogens with one attached hydrogen (secondary N) is 1. The first-order valence-corrected chi connectivity index (χ1v) is 10.6. The number of hydrogen-bond acceptors (Lipinski definition) is 5. The van der Waals surface area contributed by atoms with E-state index in [1.54, 1.807) is 0 Å². The predicted molar refractivity (Wildman–Crippen MR) is 127 cm³/mol. The highest BCUT2D eigenvalue weighted by Gasteiger charge is 2.26. The summed E-state index contributed by atoms with van der Waals surface area (Å²) in [5, 5.41) is 17.0. The van der Waals surface area contributed by atoms with Crippen molar-refractivity contribution in [1.82, 2.24) is 15.2 Å². The average Bonchev–Trinajstić information content (AvgIpc) is 3.21. The standard InChI is InChI=1S/C24H19F3N6.ClH/c25-16-8-9-17(26)21(27)19(16)22-15(12-28)18(20-23(29)31-32-24(20)30-22)13-4-6-14(7-5-13)33-10-2-1-3-11-33;/h4-9H,1-3,10-11H2,(H3,29,30,31,32);1H. The molecule has 0 unspecified atom stereocenters. The first-order valence-electron chi connectivity index (χ1n) is 10.6. The smallest absolute Gasteiger partial charge is 0.184 e. The molecular weight excluding hydrogens is 465 g/mol. The molecule has 4 aromatic rings. The van der Waals surface area contributed by atoms with E-state index in [2.05, 4.69) is 20.1 Å². The Hall–Kier alpha value is -3.77. The third-order valence-electron chi connectivity index (χ3n) is 6.00. The lowest BCUT2D eigenvalue weighted by Gasteiger charge is -2.29. The maximum Gasteiger partial charge on any atom is 0.184 e. The van der Waals surface area contributed by atoms with Crippen LogP contribution >= 0.6 is 12.4 Å². The summed E-state index contributed by atoms with van der Waals surface area (Å²) >= 11 is 0. The van der Waals surface area contributed by atoms with E-state index in [1.165, 1.54) is 6.42 Å². The number of piperidine rings is 1. The summed E-state index contributed by atoms with van der Waals surface area (Å²) in [6, 6.07) is 11.0. The van der Waals surface area contributed by atoms with Crippen LogP contribution in [0.15, 0.2) is 36.4 Å². The maximum atomic E-state index is 14.6. The zero-order valence-electron chi connectivity index (χ0n) is 17.9. The fourth-order valence-corrected chi connectivity index (χ4v) is 4.39. The SMILES string of the molecule is Cl.N#Cc1c(-c2c(F)ccc(F)c2F)nc2n[nH]c(N)c2c1-c1ccc(N2CCCCC2)cc1. The van der Waals surface area contributed by atoms with Crippen LogP contribution < -0.4 is 10.6 Å². The number of halogens is 4. The molecule has 1 aliphatic heterocycles. The maximum absolute atomic E-state index is 14.6. The molecule has 0 spiro atoms. The van der Waals surface area contributed by atoms with Crippen molar-refractivity contribution in [1.29, 1.82) is 5.26 Å². The lowest BCUT2D eigenvalue weighted by atomic mass is 9.93. The number of benzene rings is 2.